The molecule has 0 N–H and O–H groups in total. The van der Waals surface area contributed by atoms with Gasteiger partial charge in [-0.2, -0.15) is 0 Å². The smallest absolute Gasteiger partial charge is 0.144 e. The molecule has 0 atom stereocenters. The summed E-state index contributed by atoms with van der Waals surface area (Å²) < 4.78 is 26.1. The van der Waals surface area contributed by atoms with E-state index in [2.05, 4.69) is 0 Å². The zero-order valence-electron chi connectivity index (χ0n) is 8.50. The Morgan fingerprint density at radius 3 is 2.21 bits per heavy atom. The average molecular weight is 219 g/mol. The van der Waals surface area contributed by atoms with E-state index in [1.165, 1.54) is 6.07 Å². The van der Waals surface area contributed by atoms with Crippen LogP contribution in [0, 0.1) is 17.0 Å². The molecule has 0 saturated carbocycles. The Labute approximate surface area is 87.9 Å². The summed E-state index contributed by atoms with van der Waals surface area (Å²) in [5, 5.41) is -0.0225. The van der Waals surface area contributed by atoms with Crippen LogP contribution in [0.1, 0.15) is 26.3 Å². The van der Waals surface area contributed by atoms with Crippen LogP contribution in [0.3, 0.4) is 0 Å². The van der Waals surface area contributed by atoms with Crippen LogP contribution in [0.25, 0.3) is 0 Å². The number of benzene rings is 1. The van der Waals surface area contributed by atoms with Crippen molar-refractivity contribution >= 4 is 11.6 Å². The molecule has 0 amide bonds. The third-order valence-electron chi connectivity index (χ3n) is 1.81. The van der Waals surface area contributed by atoms with Gasteiger partial charge in [0.1, 0.15) is 11.6 Å². The van der Waals surface area contributed by atoms with E-state index in [1.807, 2.05) is 20.8 Å². The minimum atomic E-state index is -0.707. The van der Waals surface area contributed by atoms with Gasteiger partial charge in [0.05, 0.1) is 5.02 Å². The van der Waals surface area contributed by atoms with Gasteiger partial charge in [0.2, 0.25) is 0 Å². The molecule has 0 unspecified atom stereocenters. The lowest BCUT2D eigenvalue weighted by Gasteiger charge is -2.18. The third kappa shape index (κ3) is 2.95. The fraction of sp³-hybridized carbons (Fsp3) is 0.455. The Morgan fingerprint density at radius 2 is 1.71 bits per heavy atom. The predicted octanol–water partition coefficient (Wildman–Crippen LogP) is 4.21. The highest BCUT2D eigenvalue weighted by Gasteiger charge is 2.16. The molecule has 0 fully saturated rings. The van der Waals surface area contributed by atoms with E-state index in [1.54, 1.807) is 0 Å². The second-order valence-electron chi connectivity index (χ2n) is 4.60. The van der Waals surface area contributed by atoms with Crippen LogP contribution < -0.4 is 0 Å². The van der Waals surface area contributed by atoms with Crippen molar-refractivity contribution in [3.8, 4) is 0 Å². The molecular weight excluding hydrogens is 206 g/mol. The van der Waals surface area contributed by atoms with Crippen LogP contribution in [-0.4, -0.2) is 0 Å². The first-order chi connectivity index (χ1) is 6.29. The Kier molecular flexibility index (Phi) is 3.15. The molecule has 0 spiro atoms. The Hall–Kier alpha value is -0.630. The molecule has 0 saturated heterocycles. The summed E-state index contributed by atoms with van der Waals surface area (Å²) in [5.74, 6) is -1.23. The maximum Gasteiger partial charge on any atom is 0.144 e. The molecule has 1 rings (SSSR count). The molecule has 0 radical (unpaired) electrons. The van der Waals surface area contributed by atoms with Crippen molar-refractivity contribution in [1.82, 2.24) is 0 Å². The first-order valence-electron chi connectivity index (χ1n) is 4.43. The highest BCUT2D eigenvalue weighted by atomic mass is 35.5. The van der Waals surface area contributed by atoms with Crippen molar-refractivity contribution in [3.63, 3.8) is 0 Å². The van der Waals surface area contributed by atoms with Gasteiger partial charge >= 0.3 is 0 Å². The Balaban J connectivity index is 3.04. The van der Waals surface area contributed by atoms with E-state index in [9.17, 15) is 8.78 Å². The number of rotatable bonds is 1. The van der Waals surface area contributed by atoms with E-state index >= 15 is 0 Å². The quantitative estimate of drug-likeness (QED) is 0.620. The van der Waals surface area contributed by atoms with Crippen molar-refractivity contribution in [2.24, 2.45) is 5.41 Å². The van der Waals surface area contributed by atoms with Gasteiger partial charge in [-0.25, -0.2) is 8.78 Å². The van der Waals surface area contributed by atoms with Gasteiger partial charge in [0.25, 0.3) is 0 Å². The maximum atomic E-state index is 13.3. The van der Waals surface area contributed by atoms with E-state index in [0.717, 1.165) is 6.07 Å². The number of halogens is 3. The number of hydrogen-bond acceptors (Lipinski definition) is 0. The molecule has 3 heteroatoms. The summed E-state index contributed by atoms with van der Waals surface area (Å²) in [7, 11) is 0. The summed E-state index contributed by atoms with van der Waals surface area (Å²) in [4.78, 5) is 0. The highest BCUT2D eigenvalue weighted by Crippen LogP contribution is 2.26. The lowest BCUT2D eigenvalue weighted by Crippen LogP contribution is -2.10. The molecule has 0 aromatic heterocycles. The average Bonchev–Trinajstić information content (AvgIpc) is 1.97. The minimum absolute atomic E-state index is 0.0225. The molecule has 14 heavy (non-hydrogen) atoms. The molecule has 78 valence electrons. The minimum Gasteiger partial charge on any atom is -0.207 e. The largest absolute Gasteiger partial charge is 0.207 e. The molecule has 0 aliphatic carbocycles. The van der Waals surface area contributed by atoms with Crippen LogP contribution in [0.15, 0.2) is 12.1 Å². The molecule has 0 bridgehead atoms. The van der Waals surface area contributed by atoms with Crippen molar-refractivity contribution in [1.29, 1.82) is 0 Å². The van der Waals surface area contributed by atoms with E-state index in [0.29, 0.717) is 12.0 Å². The second kappa shape index (κ2) is 3.85. The zero-order chi connectivity index (χ0) is 10.9. The summed E-state index contributed by atoms with van der Waals surface area (Å²) in [5.41, 5.74) is 0.422. The number of hydrogen-bond donors (Lipinski definition) is 0. The van der Waals surface area contributed by atoms with Crippen LogP contribution >= 0.6 is 11.6 Å². The van der Waals surface area contributed by atoms with Gasteiger partial charge in [-0.15, -0.1) is 0 Å². The van der Waals surface area contributed by atoms with Crippen LogP contribution in [0.2, 0.25) is 5.02 Å². The lowest BCUT2D eigenvalue weighted by atomic mass is 9.88. The standard InChI is InChI=1S/C11H13ClF2/c1-11(2,3)6-7-4-8(12)10(14)5-9(7)13/h4-5H,6H2,1-3H3. The van der Waals surface area contributed by atoms with Gasteiger partial charge in [0.15, 0.2) is 0 Å². The van der Waals surface area contributed by atoms with Gasteiger partial charge in [-0.05, 0) is 23.5 Å². The fourth-order valence-electron chi connectivity index (χ4n) is 1.27. The van der Waals surface area contributed by atoms with Gasteiger partial charge < -0.3 is 0 Å². The maximum absolute atomic E-state index is 13.3. The lowest BCUT2D eigenvalue weighted by molar-refractivity contribution is 0.401. The molecule has 1 aromatic carbocycles. The molecule has 0 nitrogen and oxygen atoms in total. The van der Waals surface area contributed by atoms with Crippen molar-refractivity contribution in [3.05, 3.63) is 34.4 Å². The fourth-order valence-corrected chi connectivity index (χ4v) is 1.46. The Bertz CT molecular complexity index is 340. The molecular formula is C11H13ClF2. The van der Waals surface area contributed by atoms with E-state index in [-0.39, 0.29) is 10.4 Å². The first-order valence-corrected chi connectivity index (χ1v) is 4.81. The molecule has 0 aliphatic heterocycles. The SMILES string of the molecule is CC(C)(C)Cc1cc(Cl)c(F)cc1F. The van der Waals surface area contributed by atoms with E-state index < -0.39 is 11.6 Å². The molecule has 0 aliphatic rings. The summed E-state index contributed by atoms with van der Waals surface area (Å²) in [6.45, 7) is 5.97. The highest BCUT2D eigenvalue weighted by molar-refractivity contribution is 6.30. The van der Waals surface area contributed by atoms with Gasteiger partial charge in [-0.3, -0.25) is 0 Å². The van der Waals surface area contributed by atoms with Crippen LogP contribution in [0.4, 0.5) is 8.78 Å². The Morgan fingerprint density at radius 1 is 1.14 bits per heavy atom. The van der Waals surface area contributed by atoms with Crippen LogP contribution in [0.5, 0.6) is 0 Å². The van der Waals surface area contributed by atoms with Crippen LogP contribution in [-0.2, 0) is 6.42 Å². The second-order valence-corrected chi connectivity index (χ2v) is 5.00. The normalized spacial score (nSPS) is 11.9. The van der Waals surface area contributed by atoms with Crippen molar-refractivity contribution in [2.75, 3.05) is 0 Å². The van der Waals surface area contributed by atoms with E-state index in [4.69, 9.17) is 11.6 Å². The molecule has 1 aromatic rings. The van der Waals surface area contributed by atoms with Crippen molar-refractivity contribution < 1.29 is 8.78 Å². The third-order valence-corrected chi connectivity index (χ3v) is 2.10. The molecule has 0 heterocycles. The van der Waals surface area contributed by atoms with Gasteiger partial charge in [0, 0.05) is 6.07 Å². The predicted molar refractivity (Wildman–Crippen MR) is 54.5 cm³/mol. The van der Waals surface area contributed by atoms with Crippen molar-refractivity contribution in [2.45, 2.75) is 27.2 Å². The monoisotopic (exact) mass is 218 g/mol. The first kappa shape index (κ1) is 11.4. The summed E-state index contributed by atoms with van der Waals surface area (Å²) in [6, 6.07) is 2.20. The zero-order valence-corrected chi connectivity index (χ0v) is 9.25. The van der Waals surface area contributed by atoms with Gasteiger partial charge in [-0.1, -0.05) is 32.4 Å². The topological polar surface area (TPSA) is 0 Å². The summed E-state index contributed by atoms with van der Waals surface area (Å²) in [6.07, 6.45) is 0.541. The summed E-state index contributed by atoms with van der Waals surface area (Å²) >= 11 is 5.57.